The number of nitrogens with one attached hydrogen (secondary N) is 1. The number of alkyl carbamates (subject to hydrolysis) is 1. The Hall–Kier alpha value is -1.81. The van der Waals surface area contributed by atoms with E-state index in [0.29, 0.717) is 25.0 Å². The second-order valence-corrected chi connectivity index (χ2v) is 7.15. The molecule has 0 aromatic heterocycles. The van der Waals surface area contributed by atoms with Crippen molar-refractivity contribution in [2.45, 2.75) is 30.7 Å². The topological polar surface area (TPSA) is 75.7 Å². The Morgan fingerprint density at radius 1 is 1.33 bits per heavy atom. The van der Waals surface area contributed by atoms with Gasteiger partial charge in [-0.15, -0.1) is 0 Å². The lowest BCUT2D eigenvalue weighted by atomic mass is 10.1. The van der Waals surface area contributed by atoms with Crippen LogP contribution in [0.2, 0.25) is 0 Å². The average molecular weight is 366 g/mol. The highest BCUT2D eigenvalue weighted by Crippen LogP contribution is 2.25. The minimum atomic E-state index is -4.35. The summed E-state index contributed by atoms with van der Waals surface area (Å²) in [5.41, 5.74) is 0. The first kappa shape index (κ1) is 18.5. The molecule has 0 radical (unpaired) electrons. The first-order chi connectivity index (χ1) is 11.3. The van der Waals surface area contributed by atoms with Crippen LogP contribution in [0.25, 0.3) is 0 Å². The Morgan fingerprint density at radius 2 is 2.04 bits per heavy atom. The molecule has 134 valence electrons. The highest BCUT2D eigenvalue weighted by molar-refractivity contribution is 7.89. The molecular weight excluding hydrogens is 349 g/mol. The van der Waals surface area contributed by atoms with Crippen LogP contribution in [0.4, 0.5) is 18.0 Å². The molecule has 0 bridgehead atoms. The quantitative estimate of drug-likeness (QED) is 0.827. The number of sulfonamides is 1. The number of hydrogen-bond donors (Lipinski definition) is 1. The summed E-state index contributed by atoms with van der Waals surface area (Å²) >= 11 is 0. The Kier molecular flexibility index (Phi) is 5.70. The van der Waals surface area contributed by atoms with E-state index in [-0.39, 0.29) is 19.7 Å². The Bertz CT molecular complexity index is 727. The number of rotatable bonds is 4. The molecule has 1 unspecified atom stereocenters. The van der Waals surface area contributed by atoms with E-state index in [0.717, 1.165) is 4.31 Å². The van der Waals surface area contributed by atoms with Gasteiger partial charge in [0.2, 0.25) is 10.0 Å². The molecule has 1 fully saturated rings. The molecule has 1 atom stereocenters. The minimum Gasteiger partial charge on any atom is -0.450 e. The molecule has 1 N–H and O–H groups in total. The fraction of sp³-hybridized carbons (Fsp3) is 0.500. The standard InChI is InChI=1S/C14H17F3N2O4S/c1-2-23-14(20)18-9-4-3-7-19(8-9)24(21,22)11-6-5-10(15)12(16)13(11)17/h5-6,9H,2-4,7-8H2,1H3,(H,18,20). The molecule has 0 saturated carbocycles. The molecule has 1 aliphatic rings. The Morgan fingerprint density at radius 3 is 2.71 bits per heavy atom. The maximum absolute atomic E-state index is 13.8. The van der Waals surface area contributed by atoms with Crippen molar-refractivity contribution in [3.63, 3.8) is 0 Å². The normalized spacial score (nSPS) is 19.1. The van der Waals surface area contributed by atoms with Crippen molar-refractivity contribution in [1.29, 1.82) is 0 Å². The zero-order chi connectivity index (χ0) is 17.9. The lowest BCUT2D eigenvalue weighted by Crippen LogP contribution is -2.49. The third-order valence-corrected chi connectivity index (χ3v) is 5.48. The van der Waals surface area contributed by atoms with Gasteiger partial charge >= 0.3 is 6.09 Å². The third kappa shape index (κ3) is 3.81. The molecular formula is C14H17F3N2O4S. The van der Waals surface area contributed by atoms with E-state index in [2.05, 4.69) is 5.32 Å². The summed E-state index contributed by atoms with van der Waals surface area (Å²) < 4.78 is 70.7. The van der Waals surface area contributed by atoms with Gasteiger partial charge in [0.25, 0.3) is 0 Å². The number of piperidine rings is 1. The van der Waals surface area contributed by atoms with E-state index < -0.39 is 44.5 Å². The number of benzene rings is 1. The van der Waals surface area contributed by atoms with Gasteiger partial charge in [-0.2, -0.15) is 4.31 Å². The maximum atomic E-state index is 13.8. The van der Waals surface area contributed by atoms with Crippen LogP contribution < -0.4 is 5.32 Å². The van der Waals surface area contributed by atoms with Gasteiger partial charge in [-0.1, -0.05) is 0 Å². The lowest BCUT2D eigenvalue weighted by Gasteiger charge is -2.32. The largest absolute Gasteiger partial charge is 0.450 e. The molecule has 0 aliphatic carbocycles. The Labute approximate surface area is 137 Å². The molecule has 0 spiro atoms. The third-order valence-electron chi connectivity index (χ3n) is 3.60. The van der Waals surface area contributed by atoms with Crippen LogP contribution in [-0.2, 0) is 14.8 Å². The molecule has 1 aromatic carbocycles. The van der Waals surface area contributed by atoms with Gasteiger partial charge in [-0.25, -0.2) is 26.4 Å². The highest BCUT2D eigenvalue weighted by Gasteiger charge is 2.34. The second-order valence-electron chi connectivity index (χ2n) is 5.24. The first-order valence-corrected chi connectivity index (χ1v) is 8.78. The monoisotopic (exact) mass is 366 g/mol. The minimum absolute atomic E-state index is 0.0851. The number of amides is 1. The van der Waals surface area contributed by atoms with Gasteiger partial charge in [0.15, 0.2) is 17.5 Å². The second kappa shape index (κ2) is 7.39. The summed E-state index contributed by atoms with van der Waals surface area (Å²) in [4.78, 5) is 10.5. The fourth-order valence-electron chi connectivity index (χ4n) is 2.46. The van der Waals surface area contributed by atoms with Gasteiger partial charge in [0, 0.05) is 19.1 Å². The molecule has 10 heteroatoms. The zero-order valence-electron chi connectivity index (χ0n) is 12.9. The maximum Gasteiger partial charge on any atom is 0.407 e. The highest BCUT2D eigenvalue weighted by atomic mass is 32.2. The van der Waals surface area contributed by atoms with Crippen LogP contribution >= 0.6 is 0 Å². The summed E-state index contributed by atoms with van der Waals surface area (Å²) in [7, 11) is -4.35. The molecule has 2 rings (SSSR count). The smallest absolute Gasteiger partial charge is 0.407 e. The number of carbonyl (C=O) groups excluding carboxylic acids is 1. The van der Waals surface area contributed by atoms with Crippen molar-refractivity contribution in [2.24, 2.45) is 0 Å². The zero-order valence-corrected chi connectivity index (χ0v) is 13.7. The molecule has 1 heterocycles. The van der Waals surface area contributed by atoms with E-state index in [1.165, 1.54) is 0 Å². The average Bonchev–Trinajstić information content (AvgIpc) is 2.53. The fourth-order valence-corrected chi connectivity index (χ4v) is 4.04. The van der Waals surface area contributed by atoms with Gasteiger partial charge in [-0.3, -0.25) is 0 Å². The number of carbonyl (C=O) groups is 1. The van der Waals surface area contributed by atoms with Crippen LogP contribution in [0.1, 0.15) is 19.8 Å². The molecule has 24 heavy (non-hydrogen) atoms. The number of halogens is 3. The van der Waals surface area contributed by atoms with Crippen molar-refractivity contribution in [1.82, 2.24) is 9.62 Å². The van der Waals surface area contributed by atoms with Crippen LogP contribution in [0, 0.1) is 17.5 Å². The van der Waals surface area contributed by atoms with Crippen LogP contribution in [0.5, 0.6) is 0 Å². The number of hydrogen-bond acceptors (Lipinski definition) is 4. The van der Waals surface area contributed by atoms with Crippen molar-refractivity contribution in [2.75, 3.05) is 19.7 Å². The molecule has 1 aliphatic heterocycles. The molecule has 1 aromatic rings. The van der Waals surface area contributed by atoms with E-state index in [1.807, 2.05) is 0 Å². The lowest BCUT2D eigenvalue weighted by molar-refractivity contribution is 0.142. The van der Waals surface area contributed by atoms with Gasteiger partial charge in [-0.05, 0) is 31.9 Å². The number of ether oxygens (including phenoxy) is 1. The summed E-state index contributed by atoms with van der Waals surface area (Å²) in [6, 6.07) is 0.732. The summed E-state index contributed by atoms with van der Waals surface area (Å²) in [6.07, 6.45) is 0.257. The summed E-state index contributed by atoms with van der Waals surface area (Å²) in [5.74, 6) is -5.06. The van der Waals surface area contributed by atoms with Crippen LogP contribution in [-0.4, -0.2) is 44.6 Å². The molecule has 1 amide bonds. The summed E-state index contributed by atoms with van der Waals surface area (Å²) in [6.45, 7) is 1.77. The predicted molar refractivity (Wildman–Crippen MR) is 78.3 cm³/mol. The summed E-state index contributed by atoms with van der Waals surface area (Å²) in [5, 5.41) is 2.51. The van der Waals surface area contributed by atoms with Gasteiger partial charge in [0.1, 0.15) is 4.90 Å². The van der Waals surface area contributed by atoms with Crippen LogP contribution in [0.3, 0.4) is 0 Å². The van der Waals surface area contributed by atoms with Gasteiger partial charge in [0.05, 0.1) is 6.61 Å². The van der Waals surface area contributed by atoms with E-state index in [9.17, 15) is 26.4 Å². The van der Waals surface area contributed by atoms with Crippen molar-refractivity contribution >= 4 is 16.1 Å². The predicted octanol–water partition coefficient (Wildman–Crippen LogP) is 2.00. The molecule has 6 nitrogen and oxygen atoms in total. The van der Waals surface area contributed by atoms with E-state index >= 15 is 0 Å². The van der Waals surface area contributed by atoms with Crippen molar-refractivity contribution in [3.8, 4) is 0 Å². The van der Waals surface area contributed by atoms with Gasteiger partial charge < -0.3 is 10.1 Å². The molecule has 1 saturated heterocycles. The number of nitrogens with zero attached hydrogens (tertiary/aromatic N) is 1. The van der Waals surface area contributed by atoms with Crippen molar-refractivity contribution in [3.05, 3.63) is 29.6 Å². The van der Waals surface area contributed by atoms with Crippen molar-refractivity contribution < 1.29 is 31.1 Å². The SMILES string of the molecule is CCOC(=O)NC1CCCN(S(=O)(=O)c2ccc(F)c(F)c2F)C1. The Balaban J connectivity index is 2.20. The van der Waals surface area contributed by atoms with E-state index in [4.69, 9.17) is 4.74 Å². The van der Waals surface area contributed by atoms with E-state index in [1.54, 1.807) is 6.92 Å². The first-order valence-electron chi connectivity index (χ1n) is 7.34. The van der Waals surface area contributed by atoms with Crippen LogP contribution in [0.15, 0.2) is 17.0 Å².